The maximum absolute atomic E-state index is 4.83. The Morgan fingerprint density at radius 3 is 3.33 bits per heavy atom. The lowest BCUT2D eigenvalue weighted by Gasteiger charge is -1.91. The molecule has 0 bridgehead atoms. The molecule has 0 spiro atoms. The molecule has 0 atom stereocenters. The molecule has 0 saturated carbocycles. The summed E-state index contributed by atoms with van der Waals surface area (Å²) in [7, 11) is 0. The van der Waals surface area contributed by atoms with Gasteiger partial charge in [-0.05, 0) is 18.1 Å². The number of hydrogen-bond donors (Lipinski definition) is 0. The number of aromatic nitrogens is 2. The molecule has 3 heteroatoms. The number of hydrogen-bond acceptors (Lipinski definition) is 3. The Morgan fingerprint density at radius 1 is 1.58 bits per heavy atom. The number of fused-ring (bicyclic) bond motifs is 1. The molecular formula is C9H7N2O. The van der Waals surface area contributed by atoms with Crippen LogP contribution in [0.1, 0.15) is 5.56 Å². The molecule has 0 aliphatic heterocycles. The van der Waals surface area contributed by atoms with E-state index in [0.29, 0.717) is 11.1 Å². The van der Waals surface area contributed by atoms with Gasteiger partial charge in [0.15, 0.2) is 5.58 Å². The molecule has 2 aromatic rings. The number of rotatable bonds is 2. The topological polar surface area (TPSA) is 38.9 Å². The fraction of sp³-hybridized carbons (Fsp3) is 0.111. The molecular weight excluding hydrogens is 152 g/mol. The Labute approximate surface area is 69.7 Å². The van der Waals surface area contributed by atoms with E-state index in [9.17, 15) is 0 Å². The maximum atomic E-state index is 4.83. The van der Waals surface area contributed by atoms with Crippen LogP contribution < -0.4 is 0 Å². The third-order valence-electron chi connectivity index (χ3n) is 1.59. The molecule has 0 N–H and O–H groups in total. The first kappa shape index (κ1) is 7.03. The summed E-state index contributed by atoms with van der Waals surface area (Å²) in [5.74, 6) is 0. The summed E-state index contributed by atoms with van der Waals surface area (Å²) < 4.78 is 4.83. The summed E-state index contributed by atoms with van der Waals surface area (Å²) >= 11 is 0. The van der Waals surface area contributed by atoms with E-state index >= 15 is 0 Å². The first-order chi connectivity index (χ1) is 5.90. The molecule has 0 aliphatic rings. The Morgan fingerprint density at radius 2 is 2.50 bits per heavy atom. The highest BCUT2D eigenvalue weighted by molar-refractivity contribution is 5.71. The first-order valence-electron chi connectivity index (χ1n) is 3.64. The number of benzene rings is 1. The van der Waals surface area contributed by atoms with Gasteiger partial charge in [-0.15, -0.1) is 11.7 Å². The van der Waals surface area contributed by atoms with Gasteiger partial charge >= 0.3 is 0 Å². The standard InChI is InChI=1S/C9H7N2O/c1-2-3-7-4-5-9-8(6-7)10-11-12-9/h2,4-5H,1,3H2. The molecule has 0 unspecified atom stereocenters. The first-order valence-corrected chi connectivity index (χ1v) is 3.64. The lowest BCUT2D eigenvalue weighted by molar-refractivity contribution is 0.424. The highest BCUT2D eigenvalue weighted by atomic mass is 16.5. The molecule has 0 saturated heterocycles. The summed E-state index contributed by atoms with van der Waals surface area (Å²) in [6.45, 7) is 3.64. The van der Waals surface area contributed by atoms with Crippen LogP contribution in [0.3, 0.4) is 0 Å². The SMILES string of the molecule is C=CCc1[c]c2nnoc2cc1. The van der Waals surface area contributed by atoms with E-state index in [1.165, 1.54) is 0 Å². The van der Waals surface area contributed by atoms with Crippen LogP contribution in [0, 0.1) is 6.07 Å². The summed E-state index contributed by atoms with van der Waals surface area (Å²) in [5.41, 5.74) is 2.39. The Kier molecular flexibility index (Phi) is 1.63. The van der Waals surface area contributed by atoms with Crippen molar-refractivity contribution in [1.29, 1.82) is 0 Å². The van der Waals surface area contributed by atoms with Gasteiger partial charge in [-0.1, -0.05) is 12.1 Å². The molecule has 59 valence electrons. The summed E-state index contributed by atoms with van der Waals surface area (Å²) in [5, 5.41) is 7.18. The minimum atomic E-state index is 0.669. The third-order valence-corrected chi connectivity index (χ3v) is 1.59. The average molecular weight is 159 g/mol. The van der Waals surface area contributed by atoms with E-state index in [2.05, 4.69) is 23.0 Å². The zero-order chi connectivity index (χ0) is 8.39. The van der Waals surface area contributed by atoms with Crippen LogP contribution in [-0.4, -0.2) is 10.4 Å². The Bertz CT molecular complexity index is 406. The Balaban J connectivity index is 2.52. The van der Waals surface area contributed by atoms with Gasteiger partial charge in [0, 0.05) is 11.3 Å². The summed E-state index contributed by atoms with van der Waals surface area (Å²) in [6.07, 6.45) is 2.62. The van der Waals surface area contributed by atoms with E-state index in [1.54, 1.807) is 0 Å². The minimum Gasteiger partial charge on any atom is -0.337 e. The van der Waals surface area contributed by atoms with Crippen molar-refractivity contribution in [3.8, 4) is 0 Å². The molecule has 2 rings (SSSR count). The molecule has 1 aromatic carbocycles. The average Bonchev–Trinajstić information content (AvgIpc) is 2.51. The largest absolute Gasteiger partial charge is 0.337 e. The molecule has 0 amide bonds. The van der Waals surface area contributed by atoms with Crippen molar-refractivity contribution >= 4 is 11.1 Å². The van der Waals surface area contributed by atoms with Gasteiger partial charge < -0.3 is 4.52 Å². The smallest absolute Gasteiger partial charge is 0.188 e. The lowest BCUT2D eigenvalue weighted by atomic mass is 10.1. The van der Waals surface area contributed by atoms with Crippen molar-refractivity contribution in [1.82, 2.24) is 10.4 Å². The van der Waals surface area contributed by atoms with E-state index in [1.807, 2.05) is 18.2 Å². The van der Waals surface area contributed by atoms with Gasteiger partial charge in [0.05, 0.1) is 0 Å². The second kappa shape index (κ2) is 2.77. The van der Waals surface area contributed by atoms with Gasteiger partial charge in [-0.25, -0.2) is 0 Å². The van der Waals surface area contributed by atoms with Gasteiger partial charge in [0.1, 0.15) is 5.52 Å². The highest BCUT2D eigenvalue weighted by Gasteiger charge is 2.00. The molecule has 1 heterocycles. The van der Waals surface area contributed by atoms with Crippen LogP contribution in [0.5, 0.6) is 0 Å². The van der Waals surface area contributed by atoms with Crippen molar-refractivity contribution < 1.29 is 4.52 Å². The number of allylic oxidation sites excluding steroid dienone is 1. The van der Waals surface area contributed by atoms with Crippen molar-refractivity contribution in [2.24, 2.45) is 0 Å². The monoisotopic (exact) mass is 159 g/mol. The van der Waals surface area contributed by atoms with Crippen LogP contribution in [0.25, 0.3) is 11.1 Å². The maximum Gasteiger partial charge on any atom is 0.188 e. The second-order valence-electron chi connectivity index (χ2n) is 2.46. The molecule has 1 aromatic heterocycles. The van der Waals surface area contributed by atoms with E-state index < -0.39 is 0 Å². The van der Waals surface area contributed by atoms with Crippen molar-refractivity contribution in [2.75, 3.05) is 0 Å². The van der Waals surface area contributed by atoms with E-state index in [4.69, 9.17) is 4.52 Å². The normalized spacial score (nSPS) is 10.3. The quantitative estimate of drug-likeness (QED) is 0.626. The van der Waals surface area contributed by atoms with Crippen LogP contribution >= 0.6 is 0 Å². The van der Waals surface area contributed by atoms with Crippen LogP contribution in [-0.2, 0) is 6.42 Å². The van der Waals surface area contributed by atoms with E-state index in [-0.39, 0.29) is 0 Å². The fourth-order valence-electron chi connectivity index (χ4n) is 1.04. The molecule has 12 heavy (non-hydrogen) atoms. The van der Waals surface area contributed by atoms with Gasteiger partial charge in [0.2, 0.25) is 0 Å². The van der Waals surface area contributed by atoms with Gasteiger partial charge in [-0.3, -0.25) is 0 Å². The molecule has 1 radical (unpaired) electrons. The number of nitrogens with zero attached hydrogens (tertiary/aromatic N) is 2. The second-order valence-corrected chi connectivity index (χ2v) is 2.46. The van der Waals surface area contributed by atoms with Gasteiger partial charge in [-0.2, -0.15) is 0 Å². The van der Waals surface area contributed by atoms with Crippen molar-refractivity contribution in [2.45, 2.75) is 6.42 Å². The Hall–Kier alpha value is -1.64. The summed E-state index contributed by atoms with van der Waals surface area (Å²) in [4.78, 5) is 0. The third kappa shape index (κ3) is 1.09. The minimum absolute atomic E-state index is 0.669. The van der Waals surface area contributed by atoms with Gasteiger partial charge in [0.25, 0.3) is 0 Å². The lowest BCUT2D eigenvalue weighted by Crippen LogP contribution is -1.80. The molecule has 3 nitrogen and oxygen atoms in total. The zero-order valence-corrected chi connectivity index (χ0v) is 6.45. The van der Waals surface area contributed by atoms with Crippen LogP contribution in [0.2, 0.25) is 0 Å². The predicted octanol–water partition coefficient (Wildman–Crippen LogP) is 1.75. The van der Waals surface area contributed by atoms with Crippen molar-refractivity contribution in [3.63, 3.8) is 0 Å². The summed E-state index contributed by atoms with van der Waals surface area (Å²) in [6, 6.07) is 6.83. The molecule has 0 fully saturated rings. The van der Waals surface area contributed by atoms with Crippen LogP contribution in [0.15, 0.2) is 29.3 Å². The predicted molar refractivity (Wildman–Crippen MR) is 44.5 cm³/mol. The molecule has 0 aliphatic carbocycles. The van der Waals surface area contributed by atoms with Crippen molar-refractivity contribution in [3.05, 3.63) is 36.4 Å². The zero-order valence-electron chi connectivity index (χ0n) is 6.45. The highest BCUT2D eigenvalue weighted by Crippen LogP contribution is 2.12. The van der Waals surface area contributed by atoms with E-state index in [0.717, 1.165) is 12.0 Å². The fourth-order valence-corrected chi connectivity index (χ4v) is 1.04. The van der Waals surface area contributed by atoms with Crippen LogP contribution in [0.4, 0.5) is 0 Å².